The summed E-state index contributed by atoms with van der Waals surface area (Å²) < 4.78 is 0. The highest BCUT2D eigenvalue weighted by Gasteiger charge is 2.19. The molecule has 1 saturated heterocycles. The first-order chi connectivity index (χ1) is 11.9. The topological polar surface area (TPSA) is 39.7 Å². The number of likely N-dealkylation sites (tertiary alicyclic amines) is 1. The van der Waals surface area contributed by atoms with Gasteiger partial charge < -0.3 is 10.6 Å². The zero-order chi connectivity index (χ0) is 18.3. The molecule has 0 saturated carbocycles. The number of hydrogen-bond donors (Lipinski definition) is 2. The summed E-state index contributed by atoms with van der Waals surface area (Å²) in [6.07, 6.45) is 4.28. The van der Waals surface area contributed by atoms with Crippen LogP contribution >= 0.6 is 24.0 Å². The molecule has 0 amide bonds. The van der Waals surface area contributed by atoms with Crippen LogP contribution in [0.2, 0.25) is 0 Å². The van der Waals surface area contributed by atoms with Gasteiger partial charge in [0.2, 0.25) is 0 Å². The fraction of sp³-hybridized carbons (Fsp3) is 0.571. The smallest absolute Gasteiger partial charge is 0.191 e. The maximum absolute atomic E-state index is 4.37. The molecular weight excluding hydrogens is 435 g/mol. The number of piperidine rings is 1. The number of nitrogens with one attached hydrogen (secondary N) is 2. The number of aliphatic imine (C=N–C) groups is 1. The molecule has 0 bridgehead atoms. The van der Waals surface area contributed by atoms with E-state index in [1.165, 1.54) is 11.1 Å². The zero-order valence-corrected chi connectivity index (χ0v) is 19.0. The molecule has 26 heavy (non-hydrogen) atoms. The van der Waals surface area contributed by atoms with Gasteiger partial charge in [-0.05, 0) is 29.4 Å². The summed E-state index contributed by atoms with van der Waals surface area (Å²) in [5.74, 6) is 0.891. The molecule has 1 fully saturated rings. The van der Waals surface area contributed by atoms with Crippen LogP contribution in [0.5, 0.6) is 0 Å². The van der Waals surface area contributed by atoms with E-state index in [2.05, 4.69) is 72.1 Å². The Morgan fingerprint density at radius 1 is 1.23 bits per heavy atom. The average Bonchev–Trinajstić information content (AvgIpc) is 2.60. The summed E-state index contributed by atoms with van der Waals surface area (Å²) >= 11 is 0. The number of halogens is 1. The molecule has 0 aromatic heterocycles. The van der Waals surface area contributed by atoms with E-state index >= 15 is 0 Å². The molecule has 1 aromatic rings. The van der Waals surface area contributed by atoms with Crippen LogP contribution < -0.4 is 10.6 Å². The number of benzene rings is 1. The van der Waals surface area contributed by atoms with Crippen molar-refractivity contribution in [2.24, 2.45) is 4.99 Å². The summed E-state index contributed by atoms with van der Waals surface area (Å²) in [4.78, 5) is 6.82. The van der Waals surface area contributed by atoms with E-state index in [1.54, 1.807) is 0 Å². The van der Waals surface area contributed by atoms with Crippen molar-refractivity contribution in [1.82, 2.24) is 15.5 Å². The van der Waals surface area contributed by atoms with Crippen molar-refractivity contribution in [2.45, 2.75) is 51.6 Å². The minimum absolute atomic E-state index is 0. The Hall–Kier alpha value is -1.08. The summed E-state index contributed by atoms with van der Waals surface area (Å²) in [5, 5.41) is 7.00. The van der Waals surface area contributed by atoms with Gasteiger partial charge in [0.1, 0.15) is 0 Å². The van der Waals surface area contributed by atoms with Gasteiger partial charge in [0.05, 0.1) is 0 Å². The zero-order valence-electron chi connectivity index (χ0n) is 16.7. The number of rotatable bonds is 5. The van der Waals surface area contributed by atoms with E-state index < -0.39 is 0 Å². The summed E-state index contributed by atoms with van der Waals surface area (Å²) in [6.45, 7) is 14.6. The molecule has 1 aliphatic heterocycles. The van der Waals surface area contributed by atoms with Crippen molar-refractivity contribution < 1.29 is 0 Å². The Bertz CT molecular complexity index is 567. The predicted octanol–water partition coefficient (Wildman–Crippen LogP) is 3.92. The van der Waals surface area contributed by atoms with Gasteiger partial charge in [-0.25, -0.2) is 0 Å². The van der Waals surface area contributed by atoms with Crippen molar-refractivity contribution in [1.29, 1.82) is 0 Å². The van der Waals surface area contributed by atoms with Gasteiger partial charge in [-0.15, -0.1) is 30.6 Å². The molecular formula is C21H35IN4. The summed E-state index contributed by atoms with van der Waals surface area (Å²) in [7, 11) is 1.84. The fourth-order valence-electron chi connectivity index (χ4n) is 3.14. The lowest BCUT2D eigenvalue weighted by Gasteiger charge is -2.32. The molecule has 0 spiro atoms. The second kappa shape index (κ2) is 10.9. The normalized spacial score (nSPS) is 16.7. The van der Waals surface area contributed by atoms with Crippen LogP contribution in [-0.2, 0) is 12.0 Å². The molecule has 5 heteroatoms. The first kappa shape index (κ1) is 23.0. The molecule has 1 heterocycles. The Morgan fingerprint density at radius 3 is 2.35 bits per heavy atom. The summed E-state index contributed by atoms with van der Waals surface area (Å²) in [5.41, 5.74) is 2.84. The van der Waals surface area contributed by atoms with Crippen molar-refractivity contribution in [3.63, 3.8) is 0 Å². The van der Waals surface area contributed by atoms with Crippen molar-refractivity contribution in [3.8, 4) is 0 Å². The lowest BCUT2D eigenvalue weighted by Crippen LogP contribution is -2.48. The van der Waals surface area contributed by atoms with Gasteiger partial charge in [-0.2, -0.15) is 0 Å². The van der Waals surface area contributed by atoms with E-state index in [0.717, 1.165) is 45.0 Å². The van der Waals surface area contributed by atoms with E-state index in [-0.39, 0.29) is 29.4 Å². The Labute approximate surface area is 176 Å². The molecule has 4 nitrogen and oxygen atoms in total. The second-order valence-corrected chi connectivity index (χ2v) is 7.88. The third-order valence-corrected chi connectivity index (χ3v) is 4.82. The van der Waals surface area contributed by atoms with Crippen LogP contribution in [0.3, 0.4) is 0 Å². The average molecular weight is 470 g/mol. The lowest BCUT2D eigenvalue weighted by atomic mass is 9.87. The first-order valence-electron chi connectivity index (χ1n) is 9.32. The number of hydrogen-bond acceptors (Lipinski definition) is 2. The molecule has 0 atom stereocenters. The monoisotopic (exact) mass is 470 g/mol. The molecule has 1 aliphatic rings. The van der Waals surface area contributed by atoms with Gasteiger partial charge in [0.25, 0.3) is 0 Å². The van der Waals surface area contributed by atoms with Gasteiger partial charge in [-0.3, -0.25) is 9.89 Å². The highest BCUT2D eigenvalue weighted by molar-refractivity contribution is 14.0. The highest BCUT2D eigenvalue weighted by Crippen LogP contribution is 2.22. The molecule has 0 radical (unpaired) electrons. The Kier molecular flexibility index (Phi) is 9.64. The van der Waals surface area contributed by atoms with Crippen LogP contribution in [0.1, 0.15) is 44.7 Å². The third kappa shape index (κ3) is 7.27. The van der Waals surface area contributed by atoms with E-state index in [9.17, 15) is 0 Å². The molecule has 0 unspecified atom stereocenters. The quantitative estimate of drug-likeness (QED) is 0.297. The van der Waals surface area contributed by atoms with Gasteiger partial charge >= 0.3 is 0 Å². The maximum Gasteiger partial charge on any atom is 0.191 e. The highest BCUT2D eigenvalue weighted by atomic mass is 127. The molecule has 2 N–H and O–H groups in total. The SMILES string of the molecule is C=CCN1CCC(NC(=NC)NCc2ccc(C(C)(C)C)cc2)CC1.I. The van der Waals surface area contributed by atoms with Crippen LogP contribution in [0.15, 0.2) is 41.9 Å². The number of guanidine groups is 1. The Balaban J connectivity index is 0.00000338. The van der Waals surface area contributed by atoms with Crippen LogP contribution in [0, 0.1) is 0 Å². The van der Waals surface area contributed by atoms with Crippen molar-refractivity contribution in [2.75, 3.05) is 26.7 Å². The molecule has 1 aromatic carbocycles. The first-order valence-corrected chi connectivity index (χ1v) is 9.32. The van der Waals surface area contributed by atoms with Crippen LogP contribution in [0.25, 0.3) is 0 Å². The minimum atomic E-state index is 0. The van der Waals surface area contributed by atoms with E-state index in [0.29, 0.717) is 6.04 Å². The molecule has 0 aliphatic carbocycles. The van der Waals surface area contributed by atoms with Gasteiger partial charge in [0, 0.05) is 39.3 Å². The van der Waals surface area contributed by atoms with Crippen LogP contribution in [-0.4, -0.2) is 43.6 Å². The minimum Gasteiger partial charge on any atom is -0.354 e. The largest absolute Gasteiger partial charge is 0.354 e. The second-order valence-electron chi connectivity index (χ2n) is 7.88. The van der Waals surface area contributed by atoms with E-state index in [4.69, 9.17) is 0 Å². The van der Waals surface area contributed by atoms with Gasteiger partial charge in [0.15, 0.2) is 5.96 Å². The predicted molar refractivity (Wildman–Crippen MR) is 124 cm³/mol. The van der Waals surface area contributed by atoms with Crippen LogP contribution in [0.4, 0.5) is 0 Å². The number of nitrogens with zero attached hydrogens (tertiary/aromatic N) is 2. The molecule has 2 rings (SSSR count). The van der Waals surface area contributed by atoms with Gasteiger partial charge in [-0.1, -0.05) is 51.1 Å². The van der Waals surface area contributed by atoms with Crippen molar-refractivity contribution in [3.05, 3.63) is 48.0 Å². The Morgan fingerprint density at radius 2 is 1.85 bits per heavy atom. The lowest BCUT2D eigenvalue weighted by molar-refractivity contribution is 0.225. The fourth-order valence-corrected chi connectivity index (χ4v) is 3.14. The molecule has 146 valence electrons. The standard InChI is InChI=1S/C21H34N4.HI/c1-6-13-25-14-11-19(12-15-25)24-20(22-5)23-16-17-7-9-18(10-8-17)21(2,3)4;/h6-10,19H,1,11-16H2,2-5H3,(H2,22,23,24);1H. The maximum atomic E-state index is 4.37. The summed E-state index contributed by atoms with van der Waals surface area (Å²) in [6, 6.07) is 9.35. The van der Waals surface area contributed by atoms with Crippen molar-refractivity contribution >= 4 is 29.9 Å². The third-order valence-electron chi connectivity index (χ3n) is 4.82. The van der Waals surface area contributed by atoms with E-state index in [1.807, 2.05) is 13.1 Å².